The van der Waals surface area contributed by atoms with E-state index in [4.69, 9.17) is 40.2 Å². The number of halogens is 2. The molecule has 0 saturated heterocycles. The Hall–Kier alpha value is -1.08. The number of benzene rings is 1. The average Bonchev–Trinajstić information content (AvgIpc) is 2.89. The number of nitrogens with one attached hydrogen (secondary N) is 1. The summed E-state index contributed by atoms with van der Waals surface area (Å²) in [5.41, 5.74) is -1.33. The minimum atomic E-state index is -0.979. The molecule has 0 aliphatic carbocycles. The number of hydrogen-bond donors (Lipinski definition) is 2. The van der Waals surface area contributed by atoms with Gasteiger partial charge < -0.3 is 14.8 Å². The maximum absolute atomic E-state index is 11.2. The van der Waals surface area contributed by atoms with E-state index in [1.165, 1.54) is 6.33 Å². The normalized spacial score (nSPS) is 14.3. The summed E-state index contributed by atoms with van der Waals surface area (Å²) < 4.78 is 7.81. The van der Waals surface area contributed by atoms with Crippen molar-refractivity contribution in [3.63, 3.8) is 0 Å². The van der Waals surface area contributed by atoms with Gasteiger partial charge in [-0.2, -0.15) is 5.10 Å². The summed E-state index contributed by atoms with van der Waals surface area (Å²) in [6.07, 6.45) is 2.72. The molecule has 0 aliphatic heterocycles. The molecule has 1 aromatic carbocycles. The predicted molar refractivity (Wildman–Crippen MR) is 103 cm³/mol. The van der Waals surface area contributed by atoms with E-state index in [-0.39, 0.29) is 5.41 Å². The third-order valence-electron chi connectivity index (χ3n) is 4.31. The topological polar surface area (TPSA) is 63.1 Å². The monoisotopic (exact) mass is 403 g/mol. The summed E-state index contributed by atoms with van der Waals surface area (Å²) in [4.78, 5) is 2.85. The highest BCUT2D eigenvalue weighted by atomic mass is 35.5. The van der Waals surface area contributed by atoms with Crippen LogP contribution in [0.5, 0.6) is 5.75 Å². The molecule has 138 valence electrons. The Morgan fingerprint density at radius 2 is 2.04 bits per heavy atom. The predicted octanol–water partition coefficient (Wildman–Crippen LogP) is 4.88. The first-order chi connectivity index (χ1) is 11.6. The van der Waals surface area contributed by atoms with Crippen LogP contribution in [0.3, 0.4) is 0 Å². The molecule has 0 spiro atoms. The lowest BCUT2D eigenvalue weighted by Crippen LogP contribution is -2.47. The lowest BCUT2D eigenvalue weighted by molar-refractivity contribution is -0.0828. The summed E-state index contributed by atoms with van der Waals surface area (Å²) in [7, 11) is 0. The molecule has 0 radical (unpaired) electrons. The summed E-state index contributed by atoms with van der Waals surface area (Å²) in [5.74, 6) is 0.583. The zero-order valence-corrected chi connectivity index (χ0v) is 16.9. The number of aliphatic hydroxyl groups is 1. The Labute approximate surface area is 162 Å². The molecule has 2 N–H and O–H groups in total. The average molecular weight is 404 g/mol. The Bertz CT molecular complexity index is 770. The van der Waals surface area contributed by atoms with Crippen LogP contribution in [-0.2, 0) is 6.54 Å². The number of ether oxygens (including phenoxy) is 1. The van der Waals surface area contributed by atoms with Crippen molar-refractivity contribution < 1.29 is 9.84 Å². The molecule has 8 heteroatoms. The van der Waals surface area contributed by atoms with Crippen molar-refractivity contribution in [2.24, 2.45) is 5.41 Å². The number of hydrogen-bond acceptors (Lipinski definition) is 4. The number of nitrogens with zero attached hydrogens (tertiary/aromatic N) is 2. The molecular weight excluding hydrogens is 381 g/mol. The van der Waals surface area contributed by atoms with Crippen molar-refractivity contribution in [3.05, 3.63) is 39.3 Å². The highest BCUT2D eigenvalue weighted by Crippen LogP contribution is 2.36. The van der Waals surface area contributed by atoms with Gasteiger partial charge in [0, 0.05) is 5.02 Å². The molecule has 1 atom stereocenters. The van der Waals surface area contributed by atoms with Crippen molar-refractivity contribution >= 4 is 35.4 Å². The lowest BCUT2D eigenvalue weighted by Gasteiger charge is -2.40. The van der Waals surface area contributed by atoms with E-state index in [1.54, 1.807) is 22.9 Å². The smallest absolute Gasteiger partial charge is 0.195 e. The van der Waals surface area contributed by atoms with Crippen LogP contribution >= 0.6 is 35.4 Å². The maximum Gasteiger partial charge on any atom is 0.195 e. The van der Waals surface area contributed by atoms with Crippen LogP contribution in [-0.4, -0.2) is 32.1 Å². The van der Waals surface area contributed by atoms with Gasteiger partial charge in [-0.25, -0.2) is 4.68 Å². The van der Waals surface area contributed by atoms with Gasteiger partial charge in [0.05, 0.1) is 23.8 Å². The summed E-state index contributed by atoms with van der Waals surface area (Å²) in [5, 5.41) is 16.4. The maximum atomic E-state index is 11.2. The van der Waals surface area contributed by atoms with Crippen molar-refractivity contribution in [3.8, 4) is 5.75 Å². The zero-order valence-electron chi connectivity index (χ0n) is 14.6. The summed E-state index contributed by atoms with van der Waals surface area (Å²) in [6.45, 7) is 6.76. The van der Waals surface area contributed by atoms with E-state index in [0.29, 0.717) is 46.6 Å². The van der Waals surface area contributed by atoms with E-state index in [9.17, 15) is 5.11 Å². The summed E-state index contributed by atoms with van der Waals surface area (Å²) in [6, 6.07) is 5.11. The molecule has 1 aromatic heterocycles. The summed E-state index contributed by atoms with van der Waals surface area (Å²) >= 11 is 17.2. The van der Waals surface area contributed by atoms with Crippen molar-refractivity contribution in [2.75, 3.05) is 6.61 Å². The number of rotatable bonds is 7. The van der Waals surface area contributed by atoms with Gasteiger partial charge in [-0.3, -0.25) is 0 Å². The second kappa shape index (κ2) is 8.08. The van der Waals surface area contributed by atoms with Gasteiger partial charge in [0.25, 0.3) is 0 Å². The first-order valence-electron chi connectivity index (χ1n) is 8.03. The van der Waals surface area contributed by atoms with Gasteiger partial charge in [0.15, 0.2) is 4.77 Å². The van der Waals surface area contributed by atoms with Gasteiger partial charge in [-0.15, -0.1) is 0 Å². The van der Waals surface area contributed by atoms with Crippen molar-refractivity contribution in [2.45, 2.75) is 45.8 Å². The Morgan fingerprint density at radius 3 is 2.60 bits per heavy atom. The van der Waals surface area contributed by atoms with Crippen LogP contribution in [0, 0.1) is 10.2 Å². The molecule has 0 fully saturated rings. The zero-order chi connectivity index (χ0) is 18.7. The minimum Gasteiger partial charge on any atom is -0.492 e. The second-order valence-electron chi connectivity index (χ2n) is 7.06. The van der Waals surface area contributed by atoms with Gasteiger partial charge in [0.1, 0.15) is 12.1 Å². The molecule has 0 saturated carbocycles. The second-order valence-corrected chi connectivity index (χ2v) is 8.29. The van der Waals surface area contributed by atoms with Crippen LogP contribution in [0.2, 0.25) is 10.0 Å². The number of aromatic amines is 1. The molecular formula is C17H23Cl2N3O2S. The van der Waals surface area contributed by atoms with Gasteiger partial charge in [0.2, 0.25) is 0 Å². The van der Waals surface area contributed by atoms with Gasteiger partial charge in [-0.1, -0.05) is 44.0 Å². The Kier molecular flexibility index (Phi) is 6.54. The number of H-pyrrole nitrogens is 1. The molecule has 0 bridgehead atoms. The fourth-order valence-corrected chi connectivity index (χ4v) is 3.10. The highest BCUT2D eigenvalue weighted by molar-refractivity contribution is 7.71. The highest BCUT2D eigenvalue weighted by Gasteiger charge is 2.40. The fraction of sp³-hybridized carbons (Fsp3) is 0.529. The molecule has 2 rings (SSSR count). The van der Waals surface area contributed by atoms with Crippen molar-refractivity contribution in [1.82, 2.24) is 14.8 Å². The number of aromatic nitrogens is 3. The van der Waals surface area contributed by atoms with E-state index in [1.807, 2.05) is 20.8 Å². The van der Waals surface area contributed by atoms with Gasteiger partial charge in [-0.05, 0) is 48.7 Å². The lowest BCUT2D eigenvalue weighted by atomic mass is 9.73. The van der Waals surface area contributed by atoms with Gasteiger partial charge >= 0.3 is 0 Å². The molecule has 2 aromatic rings. The Balaban J connectivity index is 1.98. The molecule has 25 heavy (non-hydrogen) atoms. The van der Waals surface area contributed by atoms with Crippen molar-refractivity contribution in [1.29, 1.82) is 0 Å². The van der Waals surface area contributed by atoms with Crippen LogP contribution in [0.1, 0.15) is 33.6 Å². The largest absolute Gasteiger partial charge is 0.492 e. The third kappa shape index (κ3) is 5.20. The molecule has 5 nitrogen and oxygen atoms in total. The van der Waals surface area contributed by atoms with Crippen LogP contribution in [0.15, 0.2) is 24.5 Å². The third-order valence-corrected chi connectivity index (χ3v) is 5.17. The molecule has 0 aliphatic rings. The SMILES string of the molecule is CC(C)(C)C(O)(CCCOc1ccc(Cl)cc1Cl)Cn1nc[nH]c1=S. The van der Waals surface area contributed by atoms with E-state index < -0.39 is 5.60 Å². The standard InChI is InChI=1S/C17H23Cl2N3O2S/c1-16(2,3)17(23,10-22-15(25)20-11-21-22)7-4-8-24-14-6-5-12(18)9-13(14)19/h5-6,9,11,23H,4,7-8,10H2,1-3H3,(H,20,21,25). The van der Waals surface area contributed by atoms with Crippen LogP contribution in [0.4, 0.5) is 0 Å². The van der Waals surface area contributed by atoms with Crippen LogP contribution in [0.25, 0.3) is 0 Å². The first-order valence-corrected chi connectivity index (χ1v) is 9.19. The molecule has 1 heterocycles. The van der Waals surface area contributed by atoms with E-state index >= 15 is 0 Å². The molecule has 1 unspecified atom stereocenters. The quantitative estimate of drug-likeness (QED) is 0.510. The fourth-order valence-electron chi connectivity index (χ4n) is 2.47. The molecule has 0 amide bonds. The van der Waals surface area contributed by atoms with Crippen LogP contribution < -0.4 is 4.74 Å². The first kappa shape index (κ1) is 20.2. The van der Waals surface area contributed by atoms with E-state index in [0.717, 1.165) is 0 Å². The minimum absolute atomic E-state index is 0.320. The Morgan fingerprint density at radius 1 is 1.32 bits per heavy atom. The van der Waals surface area contributed by atoms with E-state index in [2.05, 4.69) is 10.1 Å².